The van der Waals surface area contributed by atoms with Crippen LogP contribution in [0.3, 0.4) is 0 Å². The lowest BCUT2D eigenvalue weighted by Gasteiger charge is -2.17. The van der Waals surface area contributed by atoms with Crippen LogP contribution in [0.1, 0.15) is 23.0 Å². The molecule has 19 heavy (non-hydrogen) atoms. The number of aromatic nitrogens is 2. The lowest BCUT2D eigenvalue weighted by molar-refractivity contribution is 0.537. The molecule has 0 amide bonds. The molecule has 1 unspecified atom stereocenters. The second-order valence-corrected chi connectivity index (χ2v) is 5.46. The van der Waals surface area contributed by atoms with Crippen LogP contribution in [0.15, 0.2) is 24.3 Å². The van der Waals surface area contributed by atoms with Crippen molar-refractivity contribution in [2.24, 2.45) is 7.05 Å². The summed E-state index contributed by atoms with van der Waals surface area (Å²) in [6.45, 7) is 1.99. The van der Waals surface area contributed by atoms with E-state index in [-0.39, 0.29) is 6.04 Å². The highest BCUT2D eigenvalue weighted by Gasteiger charge is 2.16. The van der Waals surface area contributed by atoms with Crippen LogP contribution in [0.4, 0.5) is 0 Å². The molecule has 1 atom stereocenters. The molecule has 5 heteroatoms. The predicted molar refractivity (Wildman–Crippen MR) is 79.9 cm³/mol. The first-order valence-electron chi connectivity index (χ1n) is 6.13. The third kappa shape index (κ3) is 3.30. The van der Waals surface area contributed by atoms with Gasteiger partial charge in [-0.3, -0.25) is 4.68 Å². The SMILES string of the molecule is CNC(Cc1cc(Cl)ccc1Cl)c1cc(C)nn1C. The average molecular weight is 298 g/mol. The molecule has 1 heterocycles. The van der Waals surface area contributed by atoms with Crippen LogP contribution in [0.5, 0.6) is 0 Å². The monoisotopic (exact) mass is 297 g/mol. The Kier molecular flexibility index (Phi) is 4.50. The number of nitrogens with one attached hydrogen (secondary N) is 1. The largest absolute Gasteiger partial charge is 0.311 e. The summed E-state index contributed by atoms with van der Waals surface area (Å²) in [5.74, 6) is 0. The molecule has 1 N–H and O–H groups in total. The smallest absolute Gasteiger partial charge is 0.0597 e. The van der Waals surface area contributed by atoms with Gasteiger partial charge in [0.1, 0.15) is 0 Å². The van der Waals surface area contributed by atoms with E-state index in [0.29, 0.717) is 5.02 Å². The molecule has 0 aliphatic rings. The van der Waals surface area contributed by atoms with Crippen molar-refractivity contribution in [2.75, 3.05) is 7.05 Å². The maximum Gasteiger partial charge on any atom is 0.0597 e. The van der Waals surface area contributed by atoms with Crippen molar-refractivity contribution in [3.8, 4) is 0 Å². The molecule has 0 saturated carbocycles. The van der Waals surface area contributed by atoms with Gasteiger partial charge in [-0.1, -0.05) is 23.2 Å². The van der Waals surface area contributed by atoms with Crippen LogP contribution in [-0.4, -0.2) is 16.8 Å². The molecule has 0 spiro atoms. The fourth-order valence-electron chi connectivity index (χ4n) is 2.23. The first-order chi connectivity index (χ1) is 9.01. The van der Waals surface area contributed by atoms with Crippen molar-refractivity contribution in [2.45, 2.75) is 19.4 Å². The molecular weight excluding hydrogens is 281 g/mol. The fraction of sp³-hybridized carbons (Fsp3) is 0.357. The third-order valence-electron chi connectivity index (χ3n) is 3.18. The predicted octanol–water partition coefficient (Wildman–Crippen LogP) is 3.54. The van der Waals surface area contributed by atoms with E-state index in [0.717, 1.165) is 28.4 Å². The Bertz CT molecular complexity index is 578. The molecule has 0 bridgehead atoms. The quantitative estimate of drug-likeness (QED) is 0.935. The van der Waals surface area contributed by atoms with Gasteiger partial charge in [0.25, 0.3) is 0 Å². The van der Waals surface area contributed by atoms with E-state index < -0.39 is 0 Å². The van der Waals surface area contributed by atoms with Crippen molar-refractivity contribution in [1.82, 2.24) is 15.1 Å². The van der Waals surface area contributed by atoms with Crippen molar-refractivity contribution < 1.29 is 0 Å². The fourth-order valence-corrected chi connectivity index (χ4v) is 2.62. The van der Waals surface area contributed by atoms with E-state index in [2.05, 4.69) is 16.5 Å². The van der Waals surface area contributed by atoms with Crippen LogP contribution < -0.4 is 5.32 Å². The molecule has 0 saturated heterocycles. The van der Waals surface area contributed by atoms with Crippen LogP contribution in [0.2, 0.25) is 10.0 Å². The molecule has 0 fully saturated rings. The first-order valence-corrected chi connectivity index (χ1v) is 6.88. The minimum atomic E-state index is 0.155. The van der Waals surface area contributed by atoms with Crippen molar-refractivity contribution in [3.63, 3.8) is 0 Å². The zero-order valence-electron chi connectivity index (χ0n) is 11.2. The molecule has 1 aromatic heterocycles. The van der Waals surface area contributed by atoms with Gasteiger partial charge >= 0.3 is 0 Å². The Morgan fingerprint density at radius 1 is 1.32 bits per heavy atom. The molecule has 0 aliphatic heterocycles. The summed E-state index contributed by atoms with van der Waals surface area (Å²) in [5.41, 5.74) is 3.18. The number of nitrogens with zero attached hydrogens (tertiary/aromatic N) is 2. The molecule has 2 rings (SSSR count). The van der Waals surface area contributed by atoms with E-state index in [1.165, 1.54) is 0 Å². The van der Waals surface area contributed by atoms with Gasteiger partial charge in [0.2, 0.25) is 0 Å². The molecule has 1 aromatic carbocycles. The standard InChI is InChI=1S/C14H17Cl2N3/c1-9-6-14(19(3)18-9)13(17-2)8-10-7-11(15)4-5-12(10)16/h4-7,13,17H,8H2,1-3H3. The van der Waals surface area contributed by atoms with E-state index in [9.17, 15) is 0 Å². The maximum atomic E-state index is 6.22. The van der Waals surface area contributed by atoms with Crippen LogP contribution in [-0.2, 0) is 13.5 Å². The van der Waals surface area contributed by atoms with Gasteiger partial charge in [0, 0.05) is 17.1 Å². The number of rotatable bonds is 4. The number of benzene rings is 1. The Morgan fingerprint density at radius 3 is 2.63 bits per heavy atom. The summed E-state index contributed by atoms with van der Waals surface area (Å²) < 4.78 is 1.90. The van der Waals surface area contributed by atoms with E-state index in [4.69, 9.17) is 23.2 Å². The minimum absolute atomic E-state index is 0.155. The average Bonchev–Trinajstić information content (AvgIpc) is 2.69. The molecule has 3 nitrogen and oxygen atoms in total. The number of hydrogen-bond acceptors (Lipinski definition) is 2. The van der Waals surface area contributed by atoms with Gasteiger partial charge in [-0.25, -0.2) is 0 Å². The number of halogens is 2. The number of likely N-dealkylation sites (N-methyl/N-ethyl adjacent to an activating group) is 1. The van der Waals surface area contributed by atoms with Gasteiger partial charge in [0.15, 0.2) is 0 Å². The first kappa shape index (κ1) is 14.4. The highest BCUT2D eigenvalue weighted by Crippen LogP contribution is 2.26. The highest BCUT2D eigenvalue weighted by molar-refractivity contribution is 6.33. The molecule has 0 aliphatic carbocycles. The van der Waals surface area contributed by atoms with Crippen molar-refractivity contribution >= 4 is 23.2 Å². The minimum Gasteiger partial charge on any atom is -0.311 e. The summed E-state index contributed by atoms with van der Waals surface area (Å²) in [4.78, 5) is 0. The molecular formula is C14H17Cl2N3. The van der Waals surface area contributed by atoms with Gasteiger partial charge < -0.3 is 5.32 Å². The Labute approximate surface area is 123 Å². The van der Waals surface area contributed by atoms with Crippen molar-refractivity contribution in [3.05, 3.63) is 51.3 Å². The normalized spacial score (nSPS) is 12.7. The van der Waals surface area contributed by atoms with Gasteiger partial charge in [-0.2, -0.15) is 5.10 Å². The summed E-state index contributed by atoms with van der Waals surface area (Å²) >= 11 is 12.2. The summed E-state index contributed by atoms with van der Waals surface area (Å²) in [7, 11) is 3.89. The van der Waals surface area contributed by atoms with E-state index in [1.807, 2.05) is 37.8 Å². The number of aryl methyl sites for hydroxylation is 2. The lowest BCUT2D eigenvalue weighted by atomic mass is 10.0. The second kappa shape index (κ2) is 5.95. The van der Waals surface area contributed by atoms with Crippen LogP contribution >= 0.6 is 23.2 Å². The third-order valence-corrected chi connectivity index (χ3v) is 3.78. The Morgan fingerprint density at radius 2 is 2.05 bits per heavy atom. The second-order valence-electron chi connectivity index (χ2n) is 4.62. The number of hydrogen-bond donors (Lipinski definition) is 1. The van der Waals surface area contributed by atoms with E-state index in [1.54, 1.807) is 6.07 Å². The van der Waals surface area contributed by atoms with E-state index >= 15 is 0 Å². The maximum absolute atomic E-state index is 6.22. The lowest BCUT2D eigenvalue weighted by Crippen LogP contribution is -2.21. The van der Waals surface area contributed by atoms with Crippen LogP contribution in [0.25, 0.3) is 0 Å². The molecule has 0 radical (unpaired) electrons. The Hall–Kier alpha value is -1.03. The topological polar surface area (TPSA) is 29.9 Å². The summed E-state index contributed by atoms with van der Waals surface area (Å²) in [6.07, 6.45) is 0.773. The highest BCUT2D eigenvalue weighted by atomic mass is 35.5. The summed E-state index contributed by atoms with van der Waals surface area (Å²) in [5, 5.41) is 9.13. The van der Waals surface area contributed by atoms with Crippen molar-refractivity contribution in [1.29, 1.82) is 0 Å². The Balaban J connectivity index is 2.29. The van der Waals surface area contributed by atoms with Gasteiger partial charge in [-0.05, 0) is 50.2 Å². The van der Waals surface area contributed by atoms with Crippen LogP contribution in [0, 0.1) is 6.92 Å². The molecule has 102 valence electrons. The zero-order chi connectivity index (χ0) is 14.0. The van der Waals surface area contributed by atoms with Gasteiger partial charge in [-0.15, -0.1) is 0 Å². The van der Waals surface area contributed by atoms with Gasteiger partial charge in [0.05, 0.1) is 17.4 Å². The summed E-state index contributed by atoms with van der Waals surface area (Å²) in [6, 6.07) is 7.79. The zero-order valence-corrected chi connectivity index (χ0v) is 12.8. The molecule has 2 aromatic rings.